The van der Waals surface area contributed by atoms with Crippen LogP contribution in [0, 0.1) is 5.92 Å². The summed E-state index contributed by atoms with van der Waals surface area (Å²) in [5.74, 6) is 2.46. The Morgan fingerprint density at radius 1 is 1.28 bits per heavy atom. The largest absolute Gasteiger partial charge is 0.491 e. The van der Waals surface area contributed by atoms with E-state index in [4.69, 9.17) is 9.84 Å². The van der Waals surface area contributed by atoms with Gasteiger partial charge in [0, 0.05) is 30.5 Å². The van der Waals surface area contributed by atoms with Gasteiger partial charge in [-0.25, -0.2) is 4.98 Å². The quantitative estimate of drug-likeness (QED) is 0.839. The molecule has 136 valence electrons. The van der Waals surface area contributed by atoms with Crippen LogP contribution in [0.25, 0.3) is 11.4 Å². The lowest BCUT2D eigenvalue weighted by Crippen LogP contribution is -2.39. The molecule has 0 saturated carbocycles. The molecule has 0 aliphatic carbocycles. The van der Waals surface area contributed by atoms with E-state index < -0.39 is 0 Å². The molecule has 25 heavy (non-hydrogen) atoms. The molecule has 1 aliphatic rings. The summed E-state index contributed by atoms with van der Waals surface area (Å²) in [6.45, 7) is 8.29. The minimum absolute atomic E-state index is 0.0218. The molecule has 1 N–H and O–H groups in total. The molecule has 1 fully saturated rings. The first-order valence-electron chi connectivity index (χ1n) is 9.26. The average Bonchev–Trinajstić information content (AvgIpc) is 3.09. The summed E-state index contributed by atoms with van der Waals surface area (Å²) in [7, 11) is 0. The standard InChI is InChI=1S/C20H29N3O2/c1-16(2)22-9-6-17(7-10-22)15-23-11-8-21-20(23)18-4-3-5-19(14-18)25-13-12-24/h3-5,8,11,14,16-17,24H,6-7,9-10,12-13,15H2,1-2H3. The lowest BCUT2D eigenvalue weighted by molar-refractivity contribution is 0.142. The highest BCUT2D eigenvalue weighted by atomic mass is 16.5. The Hall–Kier alpha value is -1.85. The van der Waals surface area contributed by atoms with Gasteiger partial charge in [-0.05, 0) is 57.8 Å². The fourth-order valence-corrected chi connectivity index (χ4v) is 3.54. The number of benzene rings is 1. The van der Waals surface area contributed by atoms with E-state index in [1.807, 2.05) is 24.4 Å². The zero-order chi connectivity index (χ0) is 17.6. The van der Waals surface area contributed by atoms with E-state index in [0.29, 0.717) is 18.6 Å². The van der Waals surface area contributed by atoms with Crippen molar-refractivity contribution in [2.24, 2.45) is 5.92 Å². The highest BCUT2D eigenvalue weighted by molar-refractivity contribution is 5.58. The van der Waals surface area contributed by atoms with Gasteiger partial charge in [-0.1, -0.05) is 12.1 Å². The SMILES string of the molecule is CC(C)N1CCC(Cn2ccnc2-c2cccc(OCCO)c2)CC1. The van der Waals surface area contributed by atoms with Gasteiger partial charge in [-0.15, -0.1) is 0 Å². The van der Waals surface area contributed by atoms with Crippen LogP contribution < -0.4 is 4.74 Å². The van der Waals surface area contributed by atoms with Gasteiger partial charge < -0.3 is 19.3 Å². The van der Waals surface area contributed by atoms with Crippen molar-refractivity contribution < 1.29 is 9.84 Å². The van der Waals surface area contributed by atoms with Crippen molar-refractivity contribution in [1.29, 1.82) is 0 Å². The molecule has 1 aromatic heterocycles. The predicted octanol–water partition coefficient (Wildman–Crippen LogP) is 3.04. The van der Waals surface area contributed by atoms with Crippen LogP contribution in [0.15, 0.2) is 36.7 Å². The second-order valence-electron chi connectivity index (χ2n) is 7.08. The van der Waals surface area contributed by atoms with E-state index in [1.54, 1.807) is 0 Å². The lowest BCUT2D eigenvalue weighted by Gasteiger charge is -2.34. The molecular weight excluding hydrogens is 314 g/mol. The Balaban J connectivity index is 1.67. The second-order valence-corrected chi connectivity index (χ2v) is 7.08. The molecule has 0 spiro atoms. The maximum Gasteiger partial charge on any atom is 0.140 e. The molecule has 0 atom stereocenters. The Morgan fingerprint density at radius 3 is 2.80 bits per heavy atom. The maximum absolute atomic E-state index is 8.92. The number of ether oxygens (including phenoxy) is 1. The van der Waals surface area contributed by atoms with E-state index in [0.717, 1.165) is 23.7 Å². The third-order valence-electron chi connectivity index (χ3n) is 5.00. The first-order chi connectivity index (χ1) is 12.2. The van der Waals surface area contributed by atoms with Crippen LogP contribution in [0.2, 0.25) is 0 Å². The van der Waals surface area contributed by atoms with Crippen molar-refractivity contribution in [3.05, 3.63) is 36.7 Å². The van der Waals surface area contributed by atoms with Gasteiger partial charge in [-0.3, -0.25) is 0 Å². The fourth-order valence-electron chi connectivity index (χ4n) is 3.54. The number of aliphatic hydroxyl groups excluding tert-OH is 1. The lowest BCUT2D eigenvalue weighted by atomic mass is 9.96. The summed E-state index contributed by atoms with van der Waals surface area (Å²) in [5, 5.41) is 8.92. The van der Waals surface area contributed by atoms with Gasteiger partial charge in [0.15, 0.2) is 0 Å². The second kappa shape index (κ2) is 8.50. The number of rotatable bonds is 7. The molecule has 1 saturated heterocycles. The van der Waals surface area contributed by atoms with Crippen molar-refractivity contribution in [3.8, 4) is 17.1 Å². The van der Waals surface area contributed by atoms with Crippen LogP contribution in [0.1, 0.15) is 26.7 Å². The molecule has 0 bridgehead atoms. The average molecular weight is 343 g/mol. The summed E-state index contributed by atoms with van der Waals surface area (Å²) in [5.41, 5.74) is 1.06. The predicted molar refractivity (Wildman–Crippen MR) is 99.7 cm³/mol. The molecule has 5 heteroatoms. The summed E-state index contributed by atoms with van der Waals surface area (Å²) in [6.07, 6.45) is 6.44. The van der Waals surface area contributed by atoms with Crippen molar-refractivity contribution >= 4 is 0 Å². The van der Waals surface area contributed by atoms with E-state index in [2.05, 4.69) is 40.6 Å². The molecule has 0 radical (unpaired) electrons. The van der Waals surface area contributed by atoms with Crippen LogP contribution in [0.5, 0.6) is 5.75 Å². The Bertz CT molecular complexity index is 660. The smallest absolute Gasteiger partial charge is 0.140 e. The summed E-state index contributed by atoms with van der Waals surface area (Å²) in [4.78, 5) is 7.13. The molecule has 1 aromatic carbocycles. The Labute approximate surface area is 150 Å². The van der Waals surface area contributed by atoms with Crippen molar-refractivity contribution in [3.63, 3.8) is 0 Å². The third kappa shape index (κ3) is 4.61. The first kappa shape index (κ1) is 18.0. The van der Waals surface area contributed by atoms with Crippen LogP contribution >= 0.6 is 0 Å². The van der Waals surface area contributed by atoms with Gasteiger partial charge >= 0.3 is 0 Å². The minimum atomic E-state index is 0.0218. The summed E-state index contributed by atoms with van der Waals surface area (Å²) >= 11 is 0. The number of imidazole rings is 1. The molecule has 2 aromatic rings. The van der Waals surface area contributed by atoms with Crippen LogP contribution in [0.3, 0.4) is 0 Å². The molecule has 0 amide bonds. The topological polar surface area (TPSA) is 50.5 Å². The number of likely N-dealkylation sites (tertiary alicyclic amines) is 1. The molecule has 5 nitrogen and oxygen atoms in total. The van der Waals surface area contributed by atoms with Crippen molar-refractivity contribution in [1.82, 2.24) is 14.5 Å². The van der Waals surface area contributed by atoms with E-state index in [-0.39, 0.29) is 6.61 Å². The Kier molecular flexibility index (Phi) is 6.10. The normalized spacial score (nSPS) is 16.5. The van der Waals surface area contributed by atoms with Gasteiger partial charge in [0.25, 0.3) is 0 Å². The van der Waals surface area contributed by atoms with Gasteiger partial charge in [0.1, 0.15) is 18.2 Å². The fraction of sp³-hybridized carbons (Fsp3) is 0.550. The molecule has 0 unspecified atom stereocenters. The van der Waals surface area contributed by atoms with Gasteiger partial charge in [0.2, 0.25) is 0 Å². The van der Waals surface area contributed by atoms with E-state index in [1.165, 1.54) is 25.9 Å². The zero-order valence-corrected chi connectivity index (χ0v) is 15.3. The molecule has 2 heterocycles. The zero-order valence-electron chi connectivity index (χ0n) is 15.3. The number of aromatic nitrogens is 2. The van der Waals surface area contributed by atoms with Crippen molar-refractivity contribution in [2.45, 2.75) is 39.3 Å². The van der Waals surface area contributed by atoms with E-state index >= 15 is 0 Å². The van der Waals surface area contributed by atoms with Crippen molar-refractivity contribution in [2.75, 3.05) is 26.3 Å². The number of hydrogen-bond acceptors (Lipinski definition) is 4. The first-order valence-corrected chi connectivity index (χ1v) is 9.26. The number of hydrogen-bond donors (Lipinski definition) is 1. The minimum Gasteiger partial charge on any atom is -0.491 e. The number of nitrogens with zero attached hydrogens (tertiary/aromatic N) is 3. The monoisotopic (exact) mass is 343 g/mol. The van der Waals surface area contributed by atoms with Crippen LogP contribution in [-0.4, -0.2) is 51.9 Å². The molecular formula is C20H29N3O2. The Morgan fingerprint density at radius 2 is 2.08 bits per heavy atom. The van der Waals surface area contributed by atoms with Gasteiger partial charge in [-0.2, -0.15) is 0 Å². The molecule has 3 rings (SSSR count). The molecule has 1 aliphatic heterocycles. The third-order valence-corrected chi connectivity index (χ3v) is 5.00. The van der Waals surface area contributed by atoms with Gasteiger partial charge in [0.05, 0.1) is 6.61 Å². The summed E-state index contributed by atoms with van der Waals surface area (Å²) in [6, 6.07) is 8.59. The van der Waals surface area contributed by atoms with Crippen LogP contribution in [-0.2, 0) is 6.54 Å². The van der Waals surface area contributed by atoms with Crippen LogP contribution in [0.4, 0.5) is 0 Å². The number of piperidine rings is 1. The summed E-state index contributed by atoms with van der Waals surface area (Å²) < 4.78 is 7.79. The number of aliphatic hydroxyl groups is 1. The highest BCUT2D eigenvalue weighted by Crippen LogP contribution is 2.26. The highest BCUT2D eigenvalue weighted by Gasteiger charge is 2.22. The van der Waals surface area contributed by atoms with E-state index in [9.17, 15) is 0 Å². The maximum atomic E-state index is 8.92.